The summed E-state index contributed by atoms with van der Waals surface area (Å²) >= 11 is 0. The van der Waals surface area contributed by atoms with Gasteiger partial charge in [-0.2, -0.15) is 24.7 Å². The lowest BCUT2D eigenvalue weighted by Crippen LogP contribution is -2.32. The number of nitrogens with zero attached hydrogens (tertiary/aromatic N) is 7. The maximum atomic E-state index is 4.38. The summed E-state index contributed by atoms with van der Waals surface area (Å²) in [6, 6.07) is 0.523. The van der Waals surface area contributed by atoms with E-state index in [-0.39, 0.29) is 0 Å². The zero-order valence-corrected chi connectivity index (χ0v) is 12.2. The Kier molecular flexibility index (Phi) is 3.91. The van der Waals surface area contributed by atoms with Crippen molar-refractivity contribution in [3.8, 4) is 5.95 Å². The molecule has 9 nitrogen and oxygen atoms in total. The Bertz CT molecular complexity index is 582. The standard InChI is InChI=1S/C12H19N9/c1-13-10-17-11(15-6-9-4-3-5-20(9)2)19-12(18-10)21-8-14-7-16-21/h7-9H,3-6H2,1-2H3,(H2,13,15,17,18,19). The third-order valence-electron chi connectivity index (χ3n) is 3.64. The van der Waals surface area contributed by atoms with Crippen molar-refractivity contribution in [3.63, 3.8) is 0 Å². The number of rotatable bonds is 5. The monoisotopic (exact) mass is 289 g/mol. The van der Waals surface area contributed by atoms with E-state index in [0.717, 1.165) is 13.1 Å². The summed E-state index contributed by atoms with van der Waals surface area (Å²) < 4.78 is 1.51. The van der Waals surface area contributed by atoms with E-state index < -0.39 is 0 Å². The average molecular weight is 289 g/mol. The van der Waals surface area contributed by atoms with Crippen LogP contribution < -0.4 is 10.6 Å². The van der Waals surface area contributed by atoms with E-state index in [1.165, 1.54) is 23.9 Å². The first kappa shape index (κ1) is 13.7. The Morgan fingerprint density at radius 1 is 1.29 bits per heavy atom. The van der Waals surface area contributed by atoms with Gasteiger partial charge in [-0.3, -0.25) is 0 Å². The first-order chi connectivity index (χ1) is 10.3. The molecule has 2 aromatic heterocycles. The van der Waals surface area contributed by atoms with Gasteiger partial charge in [0.05, 0.1) is 0 Å². The minimum Gasteiger partial charge on any atom is -0.357 e. The van der Waals surface area contributed by atoms with Gasteiger partial charge in [-0.05, 0) is 26.4 Å². The molecule has 9 heteroatoms. The summed E-state index contributed by atoms with van der Waals surface area (Å²) in [5.41, 5.74) is 0. The second kappa shape index (κ2) is 6.00. The summed E-state index contributed by atoms with van der Waals surface area (Å²) in [5.74, 6) is 1.48. The Labute approximate surface area is 122 Å². The SMILES string of the molecule is CNc1nc(NCC2CCCN2C)nc(-n2cncn2)n1. The minimum absolute atomic E-state index is 0.439. The van der Waals surface area contributed by atoms with Crippen molar-refractivity contribution in [2.75, 3.05) is 37.8 Å². The van der Waals surface area contributed by atoms with Gasteiger partial charge in [0.15, 0.2) is 0 Å². The lowest BCUT2D eigenvalue weighted by molar-refractivity contribution is 0.322. The highest BCUT2D eigenvalue weighted by molar-refractivity contribution is 5.37. The van der Waals surface area contributed by atoms with Gasteiger partial charge in [-0.15, -0.1) is 0 Å². The molecular weight excluding hydrogens is 270 g/mol. The maximum absolute atomic E-state index is 4.38. The van der Waals surface area contributed by atoms with Crippen LogP contribution in [0.4, 0.5) is 11.9 Å². The summed E-state index contributed by atoms with van der Waals surface area (Å²) in [6.45, 7) is 1.97. The number of nitrogens with one attached hydrogen (secondary N) is 2. The smallest absolute Gasteiger partial charge is 0.258 e. The number of hydrogen-bond donors (Lipinski definition) is 2. The van der Waals surface area contributed by atoms with E-state index in [1.54, 1.807) is 13.4 Å². The van der Waals surface area contributed by atoms with Crippen molar-refractivity contribution in [3.05, 3.63) is 12.7 Å². The lowest BCUT2D eigenvalue weighted by atomic mass is 10.2. The first-order valence-electron chi connectivity index (χ1n) is 6.99. The summed E-state index contributed by atoms with van der Waals surface area (Å²) in [5, 5.41) is 10.3. The van der Waals surface area contributed by atoms with Crippen LogP contribution in [0.15, 0.2) is 12.7 Å². The molecular formula is C12H19N9. The molecule has 0 spiro atoms. The molecule has 0 aromatic carbocycles. The molecule has 1 saturated heterocycles. The Morgan fingerprint density at radius 3 is 2.81 bits per heavy atom. The van der Waals surface area contributed by atoms with Crippen molar-refractivity contribution < 1.29 is 0 Å². The fourth-order valence-electron chi connectivity index (χ4n) is 2.42. The van der Waals surface area contributed by atoms with E-state index in [9.17, 15) is 0 Å². The van der Waals surface area contributed by atoms with Crippen LogP contribution in [-0.2, 0) is 0 Å². The van der Waals surface area contributed by atoms with Crippen molar-refractivity contribution in [1.29, 1.82) is 0 Å². The number of anilines is 2. The molecule has 1 unspecified atom stereocenters. The van der Waals surface area contributed by atoms with Gasteiger partial charge >= 0.3 is 0 Å². The van der Waals surface area contributed by atoms with Crippen LogP contribution in [0.1, 0.15) is 12.8 Å². The van der Waals surface area contributed by atoms with Gasteiger partial charge in [0, 0.05) is 19.6 Å². The van der Waals surface area contributed by atoms with Crippen LogP contribution in [0.25, 0.3) is 5.95 Å². The van der Waals surface area contributed by atoms with Gasteiger partial charge in [-0.1, -0.05) is 0 Å². The molecule has 1 aliphatic heterocycles. The molecule has 112 valence electrons. The molecule has 3 heterocycles. The molecule has 2 N–H and O–H groups in total. The number of hydrogen-bond acceptors (Lipinski definition) is 8. The van der Waals surface area contributed by atoms with Gasteiger partial charge in [0.2, 0.25) is 11.9 Å². The Hall–Kier alpha value is -2.29. The third kappa shape index (κ3) is 3.07. The van der Waals surface area contributed by atoms with Crippen molar-refractivity contribution >= 4 is 11.9 Å². The normalized spacial score (nSPS) is 18.9. The van der Waals surface area contributed by atoms with Gasteiger partial charge in [0.25, 0.3) is 5.95 Å². The van der Waals surface area contributed by atoms with Crippen LogP contribution in [0.5, 0.6) is 0 Å². The second-order valence-corrected chi connectivity index (χ2v) is 5.03. The van der Waals surface area contributed by atoms with Crippen LogP contribution >= 0.6 is 0 Å². The molecule has 0 amide bonds. The molecule has 2 aromatic rings. The van der Waals surface area contributed by atoms with E-state index in [4.69, 9.17) is 0 Å². The minimum atomic E-state index is 0.439. The first-order valence-corrected chi connectivity index (χ1v) is 6.99. The fraction of sp³-hybridized carbons (Fsp3) is 0.583. The highest BCUT2D eigenvalue weighted by Crippen LogP contribution is 2.15. The fourth-order valence-corrected chi connectivity index (χ4v) is 2.42. The molecule has 0 bridgehead atoms. The molecule has 3 rings (SSSR count). The topological polar surface area (TPSA) is 96.7 Å². The molecule has 1 atom stereocenters. The van der Waals surface area contributed by atoms with Crippen LogP contribution in [0.2, 0.25) is 0 Å². The molecule has 0 saturated carbocycles. The van der Waals surface area contributed by atoms with Crippen LogP contribution in [0.3, 0.4) is 0 Å². The number of likely N-dealkylation sites (tertiary alicyclic amines) is 1. The Morgan fingerprint density at radius 2 is 2.14 bits per heavy atom. The molecule has 21 heavy (non-hydrogen) atoms. The highest BCUT2D eigenvalue weighted by Gasteiger charge is 2.20. The van der Waals surface area contributed by atoms with E-state index in [0.29, 0.717) is 23.9 Å². The highest BCUT2D eigenvalue weighted by atomic mass is 15.4. The average Bonchev–Trinajstić information content (AvgIpc) is 3.16. The van der Waals surface area contributed by atoms with E-state index in [1.807, 2.05) is 0 Å². The van der Waals surface area contributed by atoms with Crippen molar-refractivity contribution in [2.45, 2.75) is 18.9 Å². The van der Waals surface area contributed by atoms with Crippen LogP contribution in [-0.4, -0.2) is 67.8 Å². The summed E-state index contributed by atoms with van der Waals surface area (Å²) in [7, 11) is 3.92. The zero-order chi connectivity index (χ0) is 14.7. The van der Waals surface area contributed by atoms with Gasteiger partial charge in [0.1, 0.15) is 12.7 Å². The quantitative estimate of drug-likeness (QED) is 0.794. The zero-order valence-electron chi connectivity index (χ0n) is 12.2. The van der Waals surface area contributed by atoms with Gasteiger partial charge in [-0.25, -0.2) is 4.98 Å². The number of likely N-dealkylation sites (N-methyl/N-ethyl adjacent to an activating group) is 1. The van der Waals surface area contributed by atoms with Crippen LogP contribution in [0, 0.1) is 0 Å². The molecule has 0 aliphatic carbocycles. The maximum Gasteiger partial charge on any atom is 0.258 e. The molecule has 1 aliphatic rings. The Balaban J connectivity index is 1.76. The third-order valence-corrected chi connectivity index (χ3v) is 3.64. The van der Waals surface area contributed by atoms with Crippen molar-refractivity contribution in [1.82, 2.24) is 34.6 Å². The summed E-state index contributed by atoms with van der Waals surface area (Å²) in [4.78, 5) is 19.2. The molecule has 1 fully saturated rings. The second-order valence-electron chi connectivity index (χ2n) is 5.03. The lowest BCUT2D eigenvalue weighted by Gasteiger charge is -2.19. The largest absolute Gasteiger partial charge is 0.357 e. The summed E-state index contributed by atoms with van der Waals surface area (Å²) in [6.07, 6.45) is 5.45. The van der Waals surface area contributed by atoms with Gasteiger partial charge < -0.3 is 15.5 Å². The predicted octanol–water partition coefficient (Wildman–Crippen LogP) is 0.000100. The predicted molar refractivity (Wildman–Crippen MR) is 78.4 cm³/mol. The van der Waals surface area contributed by atoms with E-state index in [2.05, 4.69) is 47.6 Å². The number of aromatic nitrogens is 6. The van der Waals surface area contributed by atoms with E-state index >= 15 is 0 Å². The van der Waals surface area contributed by atoms with Crippen molar-refractivity contribution in [2.24, 2.45) is 0 Å². The molecule has 0 radical (unpaired) electrons.